The van der Waals surface area contributed by atoms with Gasteiger partial charge < -0.3 is 9.64 Å². The van der Waals surface area contributed by atoms with Gasteiger partial charge in [0.2, 0.25) is 0 Å². The van der Waals surface area contributed by atoms with Crippen LogP contribution in [0.4, 0.5) is 0 Å². The Morgan fingerprint density at radius 3 is 2.96 bits per heavy atom. The van der Waals surface area contributed by atoms with Crippen molar-refractivity contribution in [3.63, 3.8) is 0 Å². The van der Waals surface area contributed by atoms with Crippen molar-refractivity contribution in [1.29, 1.82) is 0 Å². The van der Waals surface area contributed by atoms with Gasteiger partial charge in [-0.05, 0) is 22.6 Å². The Bertz CT molecular complexity index is 875. The highest BCUT2D eigenvalue weighted by Crippen LogP contribution is 2.22. The standard InChI is InChI=1S/C15H16N8O2/c1-21-14(18-19-20-21)13-8-22(6-7-25-13)15(24)11-4-2-3-5-12(11)23-10-16-9-17-23/h2-5,9-10,13H,6-8H2,1H3. The van der Waals surface area contributed by atoms with Crippen LogP contribution in [0.2, 0.25) is 0 Å². The van der Waals surface area contributed by atoms with E-state index >= 15 is 0 Å². The van der Waals surface area contributed by atoms with E-state index < -0.39 is 0 Å². The lowest BCUT2D eigenvalue weighted by Gasteiger charge is -2.32. The third kappa shape index (κ3) is 2.87. The number of para-hydroxylation sites is 1. The summed E-state index contributed by atoms with van der Waals surface area (Å²) in [6.45, 7) is 1.32. The van der Waals surface area contributed by atoms with Gasteiger partial charge in [-0.3, -0.25) is 4.79 Å². The molecule has 1 fully saturated rings. The van der Waals surface area contributed by atoms with E-state index in [1.54, 1.807) is 33.7 Å². The summed E-state index contributed by atoms with van der Waals surface area (Å²) in [4.78, 5) is 18.8. The summed E-state index contributed by atoms with van der Waals surface area (Å²) in [6, 6.07) is 7.32. The fourth-order valence-corrected chi connectivity index (χ4v) is 2.86. The van der Waals surface area contributed by atoms with Crippen molar-refractivity contribution in [3.05, 3.63) is 48.3 Å². The number of nitrogens with zero attached hydrogens (tertiary/aromatic N) is 8. The fraction of sp³-hybridized carbons (Fsp3) is 0.333. The number of hydrogen-bond donors (Lipinski definition) is 0. The zero-order chi connectivity index (χ0) is 17.2. The molecule has 0 radical (unpaired) electrons. The summed E-state index contributed by atoms with van der Waals surface area (Å²) < 4.78 is 8.88. The molecular formula is C15H16N8O2. The second-order valence-electron chi connectivity index (χ2n) is 5.63. The van der Waals surface area contributed by atoms with E-state index in [1.807, 2.05) is 18.2 Å². The summed E-state index contributed by atoms with van der Waals surface area (Å²) in [5.74, 6) is 0.511. The molecule has 1 aliphatic rings. The van der Waals surface area contributed by atoms with Crippen LogP contribution in [-0.2, 0) is 11.8 Å². The van der Waals surface area contributed by atoms with Crippen molar-refractivity contribution in [2.24, 2.45) is 7.05 Å². The Morgan fingerprint density at radius 2 is 2.20 bits per heavy atom. The van der Waals surface area contributed by atoms with E-state index in [0.29, 0.717) is 36.8 Å². The number of carbonyl (C=O) groups excluding carboxylic acids is 1. The lowest BCUT2D eigenvalue weighted by molar-refractivity contribution is -0.0284. The van der Waals surface area contributed by atoms with Gasteiger partial charge in [-0.2, -0.15) is 5.10 Å². The van der Waals surface area contributed by atoms with E-state index in [4.69, 9.17) is 4.74 Å². The molecule has 1 aromatic carbocycles. The van der Waals surface area contributed by atoms with Gasteiger partial charge in [0.25, 0.3) is 5.91 Å². The third-order valence-corrected chi connectivity index (χ3v) is 4.09. The zero-order valence-electron chi connectivity index (χ0n) is 13.6. The number of aryl methyl sites for hydroxylation is 1. The molecule has 25 heavy (non-hydrogen) atoms. The molecule has 1 unspecified atom stereocenters. The quantitative estimate of drug-likeness (QED) is 0.661. The third-order valence-electron chi connectivity index (χ3n) is 4.09. The summed E-state index contributed by atoms with van der Waals surface area (Å²) in [5, 5.41) is 15.6. The Kier molecular flexibility index (Phi) is 3.94. The molecule has 128 valence electrons. The molecule has 0 N–H and O–H groups in total. The Hall–Kier alpha value is -3.14. The summed E-state index contributed by atoms with van der Waals surface area (Å²) in [6.07, 6.45) is 2.66. The van der Waals surface area contributed by atoms with Crippen molar-refractivity contribution in [2.75, 3.05) is 19.7 Å². The van der Waals surface area contributed by atoms with E-state index in [-0.39, 0.29) is 12.0 Å². The Labute approximate surface area is 143 Å². The molecule has 1 saturated heterocycles. The van der Waals surface area contributed by atoms with Crippen LogP contribution >= 0.6 is 0 Å². The number of rotatable bonds is 3. The first kappa shape index (κ1) is 15.4. The average molecular weight is 340 g/mol. The second-order valence-corrected chi connectivity index (χ2v) is 5.63. The number of ether oxygens (including phenoxy) is 1. The van der Waals surface area contributed by atoms with Crippen molar-refractivity contribution < 1.29 is 9.53 Å². The lowest BCUT2D eigenvalue weighted by atomic mass is 10.1. The number of benzene rings is 1. The molecule has 1 aliphatic heterocycles. The van der Waals surface area contributed by atoms with Crippen molar-refractivity contribution in [2.45, 2.75) is 6.10 Å². The minimum absolute atomic E-state index is 0.0884. The number of aromatic nitrogens is 7. The van der Waals surface area contributed by atoms with Gasteiger partial charge >= 0.3 is 0 Å². The molecule has 3 heterocycles. The van der Waals surface area contributed by atoms with Crippen LogP contribution in [0.5, 0.6) is 0 Å². The van der Waals surface area contributed by atoms with E-state index in [1.165, 1.54) is 6.33 Å². The second kappa shape index (κ2) is 6.40. The normalized spacial score (nSPS) is 17.6. The minimum atomic E-state index is -0.351. The first-order valence-corrected chi connectivity index (χ1v) is 7.81. The Morgan fingerprint density at radius 1 is 1.32 bits per heavy atom. The molecule has 4 rings (SSSR count). The SMILES string of the molecule is Cn1nnnc1C1CN(C(=O)c2ccccc2-n2cncn2)CCO1. The topological polar surface area (TPSA) is 104 Å². The van der Waals surface area contributed by atoms with Crippen molar-refractivity contribution >= 4 is 5.91 Å². The van der Waals surface area contributed by atoms with E-state index in [0.717, 1.165) is 0 Å². The zero-order valence-corrected chi connectivity index (χ0v) is 13.6. The van der Waals surface area contributed by atoms with Gasteiger partial charge in [-0.15, -0.1) is 5.10 Å². The smallest absolute Gasteiger partial charge is 0.256 e. The van der Waals surface area contributed by atoms with Gasteiger partial charge in [-0.1, -0.05) is 12.1 Å². The first-order chi connectivity index (χ1) is 12.2. The van der Waals surface area contributed by atoms with Crippen LogP contribution < -0.4 is 0 Å². The molecule has 0 saturated carbocycles. The van der Waals surface area contributed by atoms with Crippen LogP contribution in [0, 0.1) is 0 Å². The van der Waals surface area contributed by atoms with Crippen LogP contribution in [0.3, 0.4) is 0 Å². The predicted molar refractivity (Wildman–Crippen MR) is 84.8 cm³/mol. The molecule has 2 aromatic heterocycles. The van der Waals surface area contributed by atoms with Gasteiger partial charge in [0.1, 0.15) is 18.8 Å². The molecule has 3 aromatic rings. The maximum absolute atomic E-state index is 13.1. The van der Waals surface area contributed by atoms with Gasteiger partial charge in [0.15, 0.2) is 5.82 Å². The molecule has 0 aliphatic carbocycles. The van der Waals surface area contributed by atoms with Crippen LogP contribution in [-0.4, -0.2) is 65.5 Å². The maximum atomic E-state index is 13.1. The molecule has 1 amide bonds. The first-order valence-electron chi connectivity index (χ1n) is 7.81. The highest BCUT2D eigenvalue weighted by Gasteiger charge is 2.30. The van der Waals surface area contributed by atoms with E-state index in [9.17, 15) is 4.79 Å². The fourth-order valence-electron chi connectivity index (χ4n) is 2.86. The number of amides is 1. The maximum Gasteiger partial charge on any atom is 0.256 e. The molecule has 1 atom stereocenters. The molecule has 10 heteroatoms. The number of carbonyl (C=O) groups is 1. The van der Waals surface area contributed by atoms with E-state index in [2.05, 4.69) is 25.6 Å². The summed E-state index contributed by atoms with van der Waals surface area (Å²) in [5.41, 5.74) is 1.25. The van der Waals surface area contributed by atoms with Crippen LogP contribution in [0.25, 0.3) is 5.69 Å². The average Bonchev–Trinajstić information content (AvgIpc) is 3.33. The van der Waals surface area contributed by atoms with Crippen LogP contribution in [0.15, 0.2) is 36.9 Å². The van der Waals surface area contributed by atoms with Gasteiger partial charge in [0, 0.05) is 13.6 Å². The molecule has 10 nitrogen and oxygen atoms in total. The predicted octanol–water partition coefficient (Wildman–Crippen LogP) is 0.00450. The highest BCUT2D eigenvalue weighted by molar-refractivity contribution is 5.97. The van der Waals surface area contributed by atoms with Gasteiger partial charge in [0.05, 0.1) is 24.4 Å². The molecular weight excluding hydrogens is 324 g/mol. The van der Waals surface area contributed by atoms with Gasteiger partial charge in [-0.25, -0.2) is 14.3 Å². The van der Waals surface area contributed by atoms with Crippen molar-refractivity contribution in [1.82, 2.24) is 39.9 Å². The monoisotopic (exact) mass is 340 g/mol. The number of morpholine rings is 1. The summed E-state index contributed by atoms with van der Waals surface area (Å²) >= 11 is 0. The number of tetrazole rings is 1. The highest BCUT2D eigenvalue weighted by atomic mass is 16.5. The largest absolute Gasteiger partial charge is 0.366 e. The molecule has 0 spiro atoms. The summed E-state index contributed by atoms with van der Waals surface area (Å²) in [7, 11) is 1.75. The number of hydrogen-bond acceptors (Lipinski definition) is 7. The van der Waals surface area contributed by atoms with Crippen LogP contribution in [0.1, 0.15) is 22.3 Å². The Balaban J connectivity index is 1.60. The lowest BCUT2D eigenvalue weighted by Crippen LogP contribution is -2.43. The van der Waals surface area contributed by atoms with Crippen molar-refractivity contribution in [3.8, 4) is 5.69 Å². The minimum Gasteiger partial charge on any atom is -0.366 e. The molecule has 0 bridgehead atoms.